The molecular formula is C29H20O4. The Balaban J connectivity index is 1.82. The Morgan fingerprint density at radius 2 is 1.27 bits per heavy atom. The van der Waals surface area contributed by atoms with Crippen LogP contribution in [0.15, 0.2) is 108 Å². The molecule has 1 aromatic heterocycles. The molecule has 0 aliphatic heterocycles. The Morgan fingerprint density at radius 1 is 0.697 bits per heavy atom. The molecule has 0 radical (unpaired) electrons. The smallest absolute Gasteiger partial charge is 0.308 e. The number of esters is 1. The minimum Gasteiger partial charge on any atom is -0.451 e. The first kappa shape index (κ1) is 20.5. The maximum Gasteiger partial charge on any atom is 0.308 e. The van der Waals surface area contributed by atoms with Crippen molar-refractivity contribution in [2.24, 2.45) is 0 Å². The number of ketones is 1. The van der Waals surface area contributed by atoms with E-state index in [1.807, 2.05) is 72.8 Å². The van der Waals surface area contributed by atoms with Crippen LogP contribution in [0.25, 0.3) is 33.4 Å². The van der Waals surface area contributed by atoms with Gasteiger partial charge in [-0.3, -0.25) is 9.59 Å². The summed E-state index contributed by atoms with van der Waals surface area (Å²) in [4.78, 5) is 25.3. The summed E-state index contributed by atoms with van der Waals surface area (Å²) in [5.41, 5.74) is 3.87. The Hall–Kier alpha value is -4.44. The van der Waals surface area contributed by atoms with Gasteiger partial charge in [0.25, 0.3) is 0 Å². The van der Waals surface area contributed by atoms with Crippen LogP contribution in [0.1, 0.15) is 22.8 Å². The van der Waals surface area contributed by atoms with Gasteiger partial charge in [0.15, 0.2) is 17.1 Å². The molecule has 1 heterocycles. The number of hydrogen-bond acceptors (Lipinski definition) is 4. The molecule has 4 heteroatoms. The van der Waals surface area contributed by atoms with E-state index in [1.54, 1.807) is 30.3 Å². The van der Waals surface area contributed by atoms with Gasteiger partial charge in [-0.2, -0.15) is 0 Å². The van der Waals surface area contributed by atoms with Gasteiger partial charge in [0, 0.05) is 29.0 Å². The number of ether oxygens (including phenoxy) is 1. The van der Waals surface area contributed by atoms with Gasteiger partial charge in [0.1, 0.15) is 5.76 Å². The molecule has 0 spiro atoms. The van der Waals surface area contributed by atoms with Gasteiger partial charge in [0.05, 0.1) is 5.56 Å². The lowest BCUT2D eigenvalue weighted by Gasteiger charge is -2.09. The first-order valence-corrected chi connectivity index (χ1v) is 10.6. The quantitative estimate of drug-likeness (QED) is 0.172. The van der Waals surface area contributed by atoms with Gasteiger partial charge < -0.3 is 9.15 Å². The minimum atomic E-state index is -0.525. The van der Waals surface area contributed by atoms with Crippen LogP contribution in [0, 0.1) is 0 Å². The lowest BCUT2D eigenvalue weighted by atomic mass is 9.96. The zero-order chi connectivity index (χ0) is 22.8. The molecule has 0 aliphatic carbocycles. The van der Waals surface area contributed by atoms with Gasteiger partial charge in [-0.25, -0.2) is 0 Å². The van der Waals surface area contributed by atoms with Crippen molar-refractivity contribution in [2.75, 3.05) is 0 Å². The summed E-state index contributed by atoms with van der Waals surface area (Å²) >= 11 is 0. The fraction of sp³-hybridized carbons (Fsp3) is 0.0345. The molecule has 0 N–H and O–H groups in total. The maximum atomic E-state index is 13.3. The topological polar surface area (TPSA) is 56.5 Å². The van der Waals surface area contributed by atoms with Crippen molar-refractivity contribution in [2.45, 2.75) is 6.92 Å². The van der Waals surface area contributed by atoms with E-state index in [-0.39, 0.29) is 17.1 Å². The number of hydrogen-bond donors (Lipinski definition) is 0. The van der Waals surface area contributed by atoms with Crippen LogP contribution in [-0.4, -0.2) is 11.8 Å². The maximum absolute atomic E-state index is 13.3. The van der Waals surface area contributed by atoms with Crippen molar-refractivity contribution < 1.29 is 18.7 Å². The molecule has 0 fully saturated rings. The van der Waals surface area contributed by atoms with E-state index in [9.17, 15) is 9.59 Å². The van der Waals surface area contributed by atoms with Crippen LogP contribution in [0.2, 0.25) is 0 Å². The van der Waals surface area contributed by atoms with Crippen molar-refractivity contribution in [1.82, 2.24) is 0 Å². The minimum absolute atomic E-state index is 0.133. The molecule has 160 valence electrons. The van der Waals surface area contributed by atoms with Crippen molar-refractivity contribution in [3.8, 4) is 28.2 Å². The van der Waals surface area contributed by atoms with Crippen LogP contribution >= 0.6 is 0 Å². The highest BCUT2D eigenvalue weighted by molar-refractivity contribution is 6.15. The third-order valence-electron chi connectivity index (χ3n) is 5.44. The van der Waals surface area contributed by atoms with Crippen molar-refractivity contribution in [3.05, 3.63) is 114 Å². The highest BCUT2D eigenvalue weighted by Crippen LogP contribution is 2.45. The Bertz CT molecular complexity index is 1450. The Morgan fingerprint density at radius 3 is 1.88 bits per heavy atom. The van der Waals surface area contributed by atoms with Gasteiger partial charge in [0.2, 0.25) is 0 Å². The molecule has 4 aromatic carbocycles. The summed E-state index contributed by atoms with van der Waals surface area (Å²) in [6.07, 6.45) is 0. The summed E-state index contributed by atoms with van der Waals surface area (Å²) in [6.45, 7) is 1.31. The fourth-order valence-electron chi connectivity index (χ4n) is 3.99. The van der Waals surface area contributed by atoms with Gasteiger partial charge in [-0.05, 0) is 17.7 Å². The molecule has 33 heavy (non-hydrogen) atoms. The predicted molar refractivity (Wildman–Crippen MR) is 128 cm³/mol. The molecule has 0 unspecified atom stereocenters. The molecule has 0 saturated carbocycles. The van der Waals surface area contributed by atoms with Gasteiger partial charge >= 0.3 is 5.97 Å². The van der Waals surface area contributed by atoms with Crippen molar-refractivity contribution in [1.29, 1.82) is 0 Å². The summed E-state index contributed by atoms with van der Waals surface area (Å²) in [5.74, 6) is 0.0129. The van der Waals surface area contributed by atoms with E-state index in [1.165, 1.54) is 6.92 Å². The van der Waals surface area contributed by atoms with E-state index in [4.69, 9.17) is 9.15 Å². The molecule has 0 saturated heterocycles. The average Bonchev–Trinajstić information content (AvgIpc) is 3.25. The van der Waals surface area contributed by atoms with Crippen LogP contribution in [-0.2, 0) is 4.79 Å². The van der Waals surface area contributed by atoms with Gasteiger partial charge in [-0.1, -0.05) is 91.0 Å². The number of carbonyl (C=O) groups is 2. The van der Waals surface area contributed by atoms with Crippen LogP contribution in [0.5, 0.6) is 5.75 Å². The molecule has 5 aromatic rings. The first-order valence-electron chi connectivity index (χ1n) is 10.6. The molecule has 0 amide bonds. The Kier molecular flexibility index (Phi) is 5.33. The summed E-state index contributed by atoms with van der Waals surface area (Å²) < 4.78 is 12.0. The van der Waals surface area contributed by atoms with E-state index < -0.39 is 5.97 Å². The van der Waals surface area contributed by atoms with E-state index in [0.717, 1.165) is 22.1 Å². The standard InChI is InChI=1S/C29H20O4/c1-19(30)32-29-24(26(31)21-13-7-3-8-14-21)18-17-23-25(20-11-5-2-6-12-20)27(33-28(23)29)22-15-9-4-10-16-22/h2-18H,1H3. The highest BCUT2D eigenvalue weighted by atomic mass is 16.5. The molecule has 4 nitrogen and oxygen atoms in total. The molecule has 0 bridgehead atoms. The summed E-state index contributed by atoms with van der Waals surface area (Å²) in [5, 5.41) is 0.765. The average molecular weight is 432 g/mol. The molecular weight excluding hydrogens is 412 g/mol. The largest absolute Gasteiger partial charge is 0.451 e. The SMILES string of the molecule is CC(=O)Oc1c(C(=O)c2ccccc2)ccc2c(-c3ccccc3)c(-c3ccccc3)oc12. The lowest BCUT2D eigenvalue weighted by molar-refractivity contribution is -0.131. The first-order chi connectivity index (χ1) is 16.1. The lowest BCUT2D eigenvalue weighted by Crippen LogP contribution is -2.09. The zero-order valence-corrected chi connectivity index (χ0v) is 17.9. The fourth-order valence-corrected chi connectivity index (χ4v) is 3.99. The zero-order valence-electron chi connectivity index (χ0n) is 17.9. The monoisotopic (exact) mass is 432 g/mol. The molecule has 0 atom stereocenters. The number of furan rings is 1. The normalized spacial score (nSPS) is 10.8. The van der Waals surface area contributed by atoms with Crippen molar-refractivity contribution in [3.63, 3.8) is 0 Å². The van der Waals surface area contributed by atoms with E-state index in [0.29, 0.717) is 16.9 Å². The Labute approximate surface area is 191 Å². The number of rotatable bonds is 5. The predicted octanol–water partition coefficient (Wildman–Crippen LogP) is 6.92. The van der Waals surface area contributed by atoms with Crippen molar-refractivity contribution >= 4 is 22.7 Å². The van der Waals surface area contributed by atoms with E-state index in [2.05, 4.69) is 0 Å². The van der Waals surface area contributed by atoms with Gasteiger partial charge in [-0.15, -0.1) is 0 Å². The third kappa shape index (κ3) is 3.83. The number of fused-ring (bicyclic) bond motifs is 1. The van der Waals surface area contributed by atoms with Crippen LogP contribution in [0.4, 0.5) is 0 Å². The number of benzene rings is 4. The molecule has 5 rings (SSSR count). The van der Waals surface area contributed by atoms with E-state index >= 15 is 0 Å². The summed E-state index contributed by atoms with van der Waals surface area (Å²) in [7, 11) is 0. The summed E-state index contributed by atoms with van der Waals surface area (Å²) in [6, 6.07) is 32.1. The second-order valence-corrected chi connectivity index (χ2v) is 7.65. The highest BCUT2D eigenvalue weighted by Gasteiger charge is 2.26. The third-order valence-corrected chi connectivity index (χ3v) is 5.44. The molecule has 0 aliphatic rings. The van der Waals surface area contributed by atoms with Crippen LogP contribution in [0.3, 0.4) is 0 Å². The second kappa shape index (κ2) is 8.60. The second-order valence-electron chi connectivity index (χ2n) is 7.65. The van der Waals surface area contributed by atoms with Crippen LogP contribution < -0.4 is 4.74 Å². The number of carbonyl (C=O) groups excluding carboxylic acids is 2.